The molecule has 3 rings (SSSR count). The van der Waals surface area contributed by atoms with Gasteiger partial charge in [-0.05, 0) is 29.8 Å². The second kappa shape index (κ2) is 7.68. The summed E-state index contributed by atoms with van der Waals surface area (Å²) in [6, 6.07) is 17.7. The van der Waals surface area contributed by atoms with Gasteiger partial charge in [0.25, 0.3) is 5.91 Å². The molecule has 25 heavy (non-hydrogen) atoms. The van der Waals surface area contributed by atoms with E-state index in [4.69, 9.17) is 20.8 Å². The Balaban J connectivity index is 1.62. The number of amides is 1. The van der Waals surface area contributed by atoms with Gasteiger partial charge in [0.05, 0.1) is 6.26 Å². The summed E-state index contributed by atoms with van der Waals surface area (Å²) >= 11 is 5.85. The van der Waals surface area contributed by atoms with Crippen LogP contribution in [0, 0.1) is 0 Å². The topological polar surface area (TPSA) is 68.5 Å². The number of nitrogens with one attached hydrogen (secondary N) is 1. The first-order chi connectivity index (χ1) is 12.1. The molecular weight excluding hydrogens is 342 g/mol. The summed E-state index contributed by atoms with van der Waals surface area (Å²) in [5.74, 6) is -1.12. The fourth-order valence-electron chi connectivity index (χ4n) is 2.27. The van der Waals surface area contributed by atoms with Crippen molar-refractivity contribution in [2.24, 2.45) is 0 Å². The van der Waals surface area contributed by atoms with Crippen molar-refractivity contribution in [2.75, 3.05) is 11.9 Å². The van der Waals surface area contributed by atoms with Crippen molar-refractivity contribution in [2.45, 2.75) is 0 Å². The summed E-state index contributed by atoms with van der Waals surface area (Å²) in [7, 11) is 0. The van der Waals surface area contributed by atoms with Crippen LogP contribution in [0.15, 0.2) is 71.3 Å². The van der Waals surface area contributed by atoms with Crippen molar-refractivity contribution in [1.29, 1.82) is 0 Å². The lowest BCUT2D eigenvalue weighted by molar-refractivity contribution is -0.119. The molecule has 0 spiro atoms. The standard InChI is InChI=1S/C19H14ClNO4/c20-14-7-4-8-15(11-14)21-17(22)12-25-19(23)18-16(9-10-24-18)13-5-2-1-3-6-13/h1-11H,12H2,(H,21,22). The van der Waals surface area contributed by atoms with Crippen molar-refractivity contribution in [3.05, 3.63) is 77.7 Å². The van der Waals surface area contributed by atoms with E-state index >= 15 is 0 Å². The van der Waals surface area contributed by atoms with Gasteiger partial charge in [0.15, 0.2) is 6.61 Å². The minimum Gasteiger partial charge on any atom is -0.457 e. The smallest absolute Gasteiger partial charge is 0.375 e. The zero-order chi connectivity index (χ0) is 17.6. The van der Waals surface area contributed by atoms with Crippen molar-refractivity contribution in [3.63, 3.8) is 0 Å². The Labute approximate surface area is 149 Å². The molecule has 0 saturated heterocycles. The van der Waals surface area contributed by atoms with Crippen LogP contribution in [0.5, 0.6) is 0 Å². The van der Waals surface area contributed by atoms with E-state index in [-0.39, 0.29) is 5.76 Å². The van der Waals surface area contributed by atoms with Crippen LogP contribution in [0.2, 0.25) is 5.02 Å². The molecule has 126 valence electrons. The molecule has 0 bridgehead atoms. The van der Waals surface area contributed by atoms with Crippen molar-refractivity contribution in [1.82, 2.24) is 0 Å². The largest absolute Gasteiger partial charge is 0.457 e. The minimum atomic E-state index is -0.704. The van der Waals surface area contributed by atoms with E-state index in [0.29, 0.717) is 16.3 Å². The average molecular weight is 356 g/mol. The van der Waals surface area contributed by atoms with Crippen LogP contribution in [0.4, 0.5) is 5.69 Å². The van der Waals surface area contributed by atoms with E-state index in [0.717, 1.165) is 5.56 Å². The zero-order valence-electron chi connectivity index (χ0n) is 13.1. The third-order valence-electron chi connectivity index (χ3n) is 3.38. The second-order valence-electron chi connectivity index (χ2n) is 5.16. The SMILES string of the molecule is O=C(COC(=O)c1occc1-c1ccccc1)Nc1cccc(Cl)c1. The maximum atomic E-state index is 12.2. The Morgan fingerprint density at radius 2 is 1.84 bits per heavy atom. The molecule has 0 unspecified atom stereocenters. The number of anilines is 1. The number of furan rings is 1. The van der Waals surface area contributed by atoms with E-state index in [1.54, 1.807) is 30.3 Å². The molecule has 1 aromatic heterocycles. The zero-order valence-corrected chi connectivity index (χ0v) is 13.8. The van der Waals surface area contributed by atoms with E-state index in [9.17, 15) is 9.59 Å². The Bertz CT molecular complexity index is 889. The van der Waals surface area contributed by atoms with Gasteiger partial charge in [-0.25, -0.2) is 4.79 Å². The Hall–Kier alpha value is -3.05. The van der Waals surface area contributed by atoms with Gasteiger partial charge in [-0.3, -0.25) is 4.79 Å². The summed E-state index contributed by atoms with van der Waals surface area (Å²) < 4.78 is 10.3. The Morgan fingerprint density at radius 1 is 1.04 bits per heavy atom. The summed E-state index contributed by atoms with van der Waals surface area (Å²) in [6.45, 7) is -0.430. The normalized spacial score (nSPS) is 10.3. The monoisotopic (exact) mass is 355 g/mol. The first kappa shape index (κ1) is 16.8. The third kappa shape index (κ3) is 4.28. The molecule has 1 heterocycles. The second-order valence-corrected chi connectivity index (χ2v) is 5.60. The molecular formula is C19H14ClNO4. The highest BCUT2D eigenvalue weighted by Crippen LogP contribution is 2.25. The van der Waals surface area contributed by atoms with Gasteiger partial charge < -0.3 is 14.5 Å². The number of benzene rings is 2. The van der Waals surface area contributed by atoms with E-state index in [1.807, 2.05) is 30.3 Å². The predicted molar refractivity (Wildman–Crippen MR) is 94.5 cm³/mol. The number of carbonyl (C=O) groups excluding carboxylic acids is 2. The molecule has 0 radical (unpaired) electrons. The highest BCUT2D eigenvalue weighted by atomic mass is 35.5. The number of rotatable bonds is 5. The van der Waals surface area contributed by atoms with Gasteiger partial charge in [-0.1, -0.05) is 48.0 Å². The van der Waals surface area contributed by atoms with Gasteiger partial charge in [-0.2, -0.15) is 0 Å². The van der Waals surface area contributed by atoms with Crippen LogP contribution in [-0.4, -0.2) is 18.5 Å². The van der Waals surface area contributed by atoms with Gasteiger partial charge in [0.2, 0.25) is 5.76 Å². The van der Waals surface area contributed by atoms with Crippen LogP contribution < -0.4 is 5.32 Å². The lowest BCUT2D eigenvalue weighted by Gasteiger charge is -2.07. The Morgan fingerprint density at radius 3 is 2.60 bits per heavy atom. The fourth-order valence-corrected chi connectivity index (χ4v) is 2.46. The number of halogens is 1. The average Bonchev–Trinajstić information content (AvgIpc) is 3.10. The van der Waals surface area contributed by atoms with Crippen LogP contribution in [0.3, 0.4) is 0 Å². The molecule has 6 heteroatoms. The van der Waals surface area contributed by atoms with Crippen LogP contribution in [0.25, 0.3) is 11.1 Å². The molecule has 1 N–H and O–H groups in total. The highest BCUT2D eigenvalue weighted by Gasteiger charge is 2.19. The first-order valence-electron chi connectivity index (χ1n) is 7.49. The van der Waals surface area contributed by atoms with Gasteiger partial charge in [0, 0.05) is 16.3 Å². The molecule has 0 atom stereocenters. The number of hydrogen-bond donors (Lipinski definition) is 1. The number of hydrogen-bond acceptors (Lipinski definition) is 4. The third-order valence-corrected chi connectivity index (χ3v) is 3.61. The molecule has 2 aromatic carbocycles. The lowest BCUT2D eigenvalue weighted by atomic mass is 10.1. The lowest BCUT2D eigenvalue weighted by Crippen LogP contribution is -2.20. The highest BCUT2D eigenvalue weighted by molar-refractivity contribution is 6.30. The molecule has 5 nitrogen and oxygen atoms in total. The van der Waals surface area contributed by atoms with Gasteiger partial charge in [0.1, 0.15) is 0 Å². The quantitative estimate of drug-likeness (QED) is 0.689. The number of ether oxygens (including phenoxy) is 1. The molecule has 0 fully saturated rings. The molecule has 0 aliphatic heterocycles. The molecule has 3 aromatic rings. The molecule has 0 aliphatic carbocycles. The molecule has 0 aliphatic rings. The first-order valence-corrected chi connectivity index (χ1v) is 7.87. The van der Waals surface area contributed by atoms with E-state index < -0.39 is 18.5 Å². The summed E-state index contributed by atoms with van der Waals surface area (Å²) in [4.78, 5) is 24.1. The predicted octanol–water partition coefficient (Wildman–Crippen LogP) is 4.40. The van der Waals surface area contributed by atoms with E-state index in [1.165, 1.54) is 6.26 Å². The van der Waals surface area contributed by atoms with Crippen molar-refractivity contribution in [3.8, 4) is 11.1 Å². The van der Waals surface area contributed by atoms with Crippen molar-refractivity contribution < 1.29 is 18.7 Å². The maximum Gasteiger partial charge on any atom is 0.375 e. The van der Waals surface area contributed by atoms with Gasteiger partial charge in [-0.15, -0.1) is 0 Å². The Kier molecular flexibility index (Phi) is 5.16. The molecule has 0 saturated carbocycles. The number of esters is 1. The summed E-state index contributed by atoms with van der Waals surface area (Å²) in [5, 5.41) is 3.10. The van der Waals surface area contributed by atoms with Crippen LogP contribution >= 0.6 is 11.6 Å². The summed E-state index contributed by atoms with van der Waals surface area (Å²) in [5.41, 5.74) is 1.96. The summed E-state index contributed by atoms with van der Waals surface area (Å²) in [6.07, 6.45) is 1.41. The maximum absolute atomic E-state index is 12.2. The number of carbonyl (C=O) groups is 2. The van der Waals surface area contributed by atoms with Gasteiger partial charge >= 0.3 is 5.97 Å². The van der Waals surface area contributed by atoms with Crippen molar-refractivity contribution >= 4 is 29.2 Å². The fraction of sp³-hybridized carbons (Fsp3) is 0.0526. The minimum absolute atomic E-state index is 0.0572. The molecule has 1 amide bonds. The van der Waals surface area contributed by atoms with E-state index in [2.05, 4.69) is 5.32 Å². The van der Waals surface area contributed by atoms with Crippen LogP contribution in [0.1, 0.15) is 10.6 Å². The van der Waals surface area contributed by atoms with Crippen LogP contribution in [-0.2, 0) is 9.53 Å².